The minimum absolute atomic E-state index is 0.248. The molecule has 2 nitrogen and oxygen atoms in total. The second-order valence-electron chi connectivity index (χ2n) is 5.61. The molecule has 0 saturated carbocycles. The zero-order valence-corrected chi connectivity index (χ0v) is 12.8. The molecule has 21 heavy (non-hydrogen) atoms. The Labute approximate surface area is 127 Å². The third-order valence-electron chi connectivity index (χ3n) is 4.12. The lowest BCUT2D eigenvalue weighted by Crippen LogP contribution is -2.31. The number of hydrogen-bond donors (Lipinski definition) is 1. The molecule has 1 aliphatic heterocycles. The lowest BCUT2D eigenvalue weighted by atomic mass is 9.97. The van der Waals surface area contributed by atoms with Crippen molar-refractivity contribution in [2.45, 2.75) is 38.8 Å². The van der Waals surface area contributed by atoms with Crippen LogP contribution in [0.2, 0.25) is 0 Å². The molecule has 2 heteroatoms. The quantitative estimate of drug-likeness (QED) is 0.867. The van der Waals surface area contributed by atoms with Crippen molar-refractivity contribution in [2.75, 3.05) is 6.54 Å². The van der Waals surface area contributed by atoms with Gasteiger partial charge >= 0.3 is 0 Å². The van der Waals surface area contributed by atoms with E-state index in [1.54, 1.807) is 0 Å². The normalized spacial score (nSPS) is 20.1. The van der Waals surface area contributed by atoms with Gasteiger partial charge in [0.15, 0.2) is 0 Å². The van der Waals surface area contributed by atoms with Crippen LogP contribution in [0, 0.1) is 0 Å². The first-order valence-electron chi connectivity index (χ1n) is 7.93. The molecule has 1 heterocycles. The van der Waals surface area contributed by atoms with Gasteiger partial charge in [0.1, 0.15) is 11.9 Å². The molecule has 2 atom stereocenters. The Bertz CT molecular complexity index is 594. The minimum Gasteiger partial charge on any atom is -0.488 e. The van der Waals surface area contributed by atoms with E-state index in [0.717, 1.165) is 25.1 Å². The summed E-state index contributed by atoms with van der Waals surface area (Å²) < 4.78 is 6.09. The Kier molecular flexibility index (Phi) is 4.26. The van der Waals surface area contributed by atoms with Crippen molar-refractivity contribution < 1.29 is 4.74 Å². The molecule has 3 rings (SSSR count). The molecule has 0 radical (unpaired) electrons. The summed E-state index contributed by atoms with van der Waals surface area (Å²) in [7, 11) is 0. The molecule has 0 aliphatic carbocycles. The van der Waals surface area contributed by atoms with Crippen LogP contribution >= 0.6 is 0 Å². The predicted octanol–water partition coefficient (Wildman–Crippen LogP) is 4.57. The van der Waals surface area contributed by atoms with Gasteiger partial charge in [0, 0.05) is 5.56 Å². The monoisotopic (exact) mass is 281 g/mol. The highest BCUT2D eigenvalue weighted by molar-refractivity contribution is 5.66. The van der Waals surface area contributed by atoms with Crippen LogP contribution in [0.3, 0.4) is 0 Å². The summed E-state index contributed by atoms with van der Waals surface area (Å²) in [4.78, 5) is 0. The van der Waals surface area contributed by atoms with Crippen LogP contribution in [-0.4, -0.2) is 12.6 Å². The zero-order chi connectivity index (χ0) is 14.7. The second-order valence-corrected chi connectivity index (χ2v) is 5.61. The van der Waals surface area contributed by atoms with Gasteiger partial charge in [-0.25, -0.2) is 0 Å². The van der Waals surface area contributed by atoms with Gasteiger partial charge in [-0.15, -0.1) is 0 Å². The molecule has 0 bridgehead atoms. The molecule has 2 unspecified atom stereocenters. The maximum Gasteiger partial charge on any atom is 0.124 e. The van der Waals surface area contributed by atoms with Gasteiger partial charge in [-0.2, -0.15) is 0 Å². The third kappa shape index (κ3) is 2.81. The molecule has 110 valence electrons. The number of hydrogen-bond acceptors (Lipinski definition) is 2. The van der Waals surface area contributed by atoms with Crippen molar-refractivity contribution in [3.8, 4) is 16.9 Å². The summed E-state index contributed by atoms with van der Waals surface area (Å²) in [5.41, 5.74) is 3.82. The highest BCUT2D eigenvalue weighted by Gasteiger charge is 2.32. The van der Waals surface area contributed by atoms with E-state index in [-0.39, 0.29) is 6.10 Å². The van der Waals surface area contributed by atoms with E-state index in [2.05, 4.69) is 67.7 Å². The van der Waals surface area contributed by atoms with Crippen molar-refractivity contribution in [1.29, 1.82) is 0 Å². The molecular weight excluding hydrogens is 258 g/mol. The number of ether oxygens (including phenoxy) is 1. The summed E-state index contributed by atoms with van der Waals surface area (Å²) >= 11 is 0. The summed E-state index contributed by atoms with van der Waals surface area (Å²) in [5, 5.41) is 3.64. The van der Waals surface area contributed by atoms with Gasteiger partial charge in [-0.05, 0) is 42.6 Å². The number of fused-ring (bicyclic) bond motifs is 1. The van der Waals surface area contributed by atoms with Crippen LogP contribution < -0.4 is 10.1 Å². The van der Waals surface area contributed by atoms with Gasteiger partial charge in [-0.3, -0.25) is 0 Å². The smallest absolute Gasteiger partial charge is 0.124 e. The average Bonchev–Trinajstić information content (AvgIpc) is 2.90. The average molecular weight is 281 g/mol. The first kappa shape index (κ1) is 14.2. The topological polar surface area (TPSA) is 21.3 Å². The molecule has 0 saturated heterocycles. The Hall–Kier alpha value is -1.80. The molecule has 0 amide bonds. The van der Waals surface area contributed by atoms with Crippen molar-refractivity contribution >= 4 is 0 Å². The van der Waals surface area contributed by atoms with Crippen molar-refractivity contribution in [2.24, 2.45) is 0 Å². The lowest BCUT2D eigenvalue weighted by Gasteiger charge is -2.18. The molecular formula is C19H23NO. The van der Waals surface area contributed by atoms with Crippen LogP contribution in [0.25, 0.3) is 11.1 Å². The number of rotatable bonds is 5. The first-order valence-corrected chi connectivity index (χ1v) is 7.93. The van der Waals surface area contributed by atoms with E-state index in [4.69, 9.17) is 4.74 Å². The van der Waals surface area contributed by atoms with E-state index in [1.807, 2.05) is 0 Å². The van der Waals surface area contributed by atoms with Crippen LogP contribution in [0.5, 0.6) is 5.75 Å². The van der Waals surface area contributed by atoms with Gasteiger partial charge < -0.3 is 10.1 Å². The standard InChI is InChI=1S/C19H23NO/c1-3-12-20-19-16-13-15(14-8-6-5-7-9-14)10-11-18(16)21-17(19)4-2/h5-11,13,17,19-20H,3-4,12H2,1-2H3. The van der Waals surface area contributed by atoms with E-state index >= 15 is 0 Å². The molecule has 1 aliphatic rings. The Morgan fingerprint density at radius 2 is 1.81 bits per heavy atom. The molecule has 0 fully saturated rings. The highest BCUT2D eigenvalue weighted by Crippen LogP contribution is 2.40. The SMILES string of the molecule is CCCNC1c2cc(-c3ccccc3)ccc2OC1CC. The molecule has 0 spiro atoms. The highest BCUT2D eigenvalue weighted by atomic mass is 16.5. The van der Waals surface area contributed by atoms with Crippen LogP contribution in [0.4, 0.5) is 0 Å². The van der Waals surface area contributed by atoms with Crippen molar-refractivity contribution in [3.63, 3.8) is 0 Å². The summed E-state index contributed by atoms with van der Waals surface area (Å²) in [5.74, 6) is 1.04. The zero-order valence-electron chi connectivity index (χ0n) is 12.8. The Morgan fingerprint density at radius 3 is 2.52 bits per heavy atom. The van der Waals surface area contributed by atoms with Crippen LogP contribution in [0.1, 0.15) is 38.3 Å². The Morgan fingerprint density at radius 1 is 1.00 bits per heavy atom. The van der Waals surface area contributed by atoms with Gasteiger partial charge in [0.2, 0.25) is 0 Å². The van der Waals surface area contributed by atoms with E-state index in [9.17, 15) is 0 Å². The summed E-state index contributed by atoms with van der Waals surface area (Å²) in [6.45, 7) is 5.42. The molecule has 2 aromatic carbocycles. The largest absolute Gasteiger partial charge is 0.488 e. The maximum atomic E-state index is 6.09. The van der Waals surface area contributed by atoms with E-state index in [0.29, 0.717) is 6.04 Å². The molecule has 1 N–H and O–H groups in total. The van der Waals surface area contributed by atoms with Crippen molar-refractivity contribution in [1.82, 2.24) is 5.32 Å². The van der Waals surface area contributed by atoms with Crippen molar-refractivity contribution in [3.05, 3.63) is 54.1 Å². The fraction of sp³-hybridized carbons (Fsp3) is 0.368. The first-order chi connectivity index (χ1) is 10.3. The number of benzene rings is 2. The summed E-state index contributed by atoms with van der Waals surface area (Å²) in [6.07, 6.45) is 2.41. The fourth-order valence-electron chi connectivity index (χ4n) is 3.00. The third-order valence-corrected chi connectivity index (χ3v) is 4.12. The van der Waals surface area contributed by atoms with Crippen LogP contribution in [-0.2, 0) is 0 Å². The number of nitrogens with one attached hydrogen (secondary N) is 1. The van der Waals surface area contributed by atoms with Crippen LogP contribution in [0.15, 0.2) is 48.5 Å². The molecule has 2 aromatic rings. The van der Waals surface area contributed by atoms with Gasteiger partial charge in [0.05, 0.1) is 6.04 Å². The lowest BCUT2D eigenvalue weighted by molar-refractivity contribution is 0.185. The molecule has 0 aromatic heterocycles. The van der Waals surface area contributed by atoms with E-state index in [1.165, 1.54) is 16.7 Å². The Balaban J connectivity index is 1.94. The van der Waals surface area contributed by atoms with Gasteiger partial charge in [-0.1, -0.05) is 50.2 Å². The predicted molar refractivity (Wildman–Crippen MR) is 87.6 cm³/mol. The fourth-order valence-corrected chi connectivity index (χ4v) is 3.00. The summed E-state index contributed by atoms with van der Waals surface area (Å²) in [6, 6.07) is 17.4. The maximum absolute atomic E-state index is 6.09. The second kappa shape index (κ2) is 6.31. The minimum atomic E-state index is 0.248. The van der Waals surface area contributed by atoms with E-state index < -0.39 is 0 Å². The van der Waals surface area contributed by atoms with Gasteiger partial charge in [0.25, 0.3) is 0 Å².